The Hall–Kier alpha value is -2.02. The number of rotatable bonds is 4. The van der Waals surface area contributed by atoms with Crippen molar-refractivity contribution in [3.63, 3.8) is 0 Å². The van der Waals surface area contributed by atoms with Gasteiger partial charge in [-0.05, 0) is 24.3 Å². The van der Waals surface area contributed by atoms with Gasteiger partial charge in [-0.25, -0.2) is 4.98 Å². The highest BCUT2D eigenvalue weighted by Gasteiger charge is 2.21. The molecule has 3 heterocycles. The molecule has 104 valence electrons. The van der Waals surface area contributed by atoms with Gasteiger partial charge in [-0.2, -0.15) is 11.8 Å². The summed E-state index contributed by atoms with van der Waals surface area (Å²) in [6.45, 7) is 0. The van der Waals surface area contributed by atoms with E-state index in [0.717, 1.165) is 17.9 Å². The summed E-state index contributed by atoms with van der Waals surface area (Å²) in [6.07, 6.45) is 4.11. The lowest BCUT2D eigenvalue weighted by atomic mass is 10.2. The van der Waals surface area contributed by atoms with Crippen LogP contribution >= 0.6 is 11.8 Å². The SMILES string of the molecule is O=C(Nc1ccon1)c1cccnc1OC1CCSC1. The van der Waals surface area contributed by atoms with Crippen molar-refractivity contribution in [3.05, 3.63) is 36.2 Å². The Balaban J connectivity index is 1.76. The molecule has 0 aromatic carbocycles. The van der Waals surface area contributed by atoms with Crippen LogP contribution in [0.25, 0.3) is 0 Å². The van der Waals surface area contributed by atoms with Crippen LogP contribution in [-0.4, -0.2) is 33.7 Å². The van der Waals surface area contributed by atoms with Gasteiger partial charge in [0.25, 0.3) is 5.91 Å². The Kier molecular flexibility index (Phi) is 3.87. The van der Waals surface area contributed by atoms with Gasteiger partial charge in [0, 0.05) is 18.0 Å². The van der Waals surface area contributed by atoms with E-state index in [9.17, 15) is 4.79 Å². The molecule has 1 aliphatic heterocycles. The van der Waals surface area contributed by atoms with E-state index in [-0.39, 0.29) is 12.0 Å². The van der Waals surface area contributed by atoms with Gasteiger partial charge >= 0.3 is 0 Å². The first-order valence-corrected chi connectivity index (χ1v) is 7.39. The minimum Gasteiger partial charge on any atom is -0.473 e. The third-order valence-corrected chi connectivity index (χ3v) is 3.99. The molecule has 0 saturated carbocycles. The van der Waals surface area contributed by atoms with Crippen LogP contribution in [0.5, 0.6) is 5.88 Å². The molecule has 20 heavy (non-hydrogen) atoms. The van der Waals surface area contributed by atoms with E-state index in [1.54, 1.807) is 24.4 Å². The molecular formula is C13H13N3O3S. The molecule has 0 radical (unpaired) electrons. The number of hydrogen-bond acceptors (Lipinski definition) is 6. The number of hydrogen-bond donors (Lipinski definition) is 1. The number of amides is 1. The molecule has 0 bridgehead atoms. The number of aromatic nitrogens is 2. The summed E-state index contributed by atoms with van der Waals surface area (Å²) in [7, 11) is 0. The highest BCUT2D eigenvalue weighted by molar-refractivity contribution is 7.99. The first kappa shape index (κ1) is 13.0. The summed E-state index contributed by atoms with van der Waals surface area (Å²) >= 11 is 1.84. The minimum absolute atomic E-state index is 0.119. The quantitative estimate of drug-likeness (QED) is 0.930. The van der Waals surface area contributed by atoms with E-state index in [1.165, 1.54) is 6.26 Å². The predicted molar refractivity (Wildman–Crippen MR) is 75.1 cm³/mol. The van der Waals surface area contributed by atoms with Gasteiger partial charge in [0.05, 0.1) is 0 Å². The molecule has 0 spiro atoms. The molecule has 3 rings (SSSR count). The zero-order valence-corrected chi connectivity index (χ0v) is 11.4. The number of anilines is 1. The number of carbonyl (C=O) groups is 1. The fourth-order valence-corrected chi connectivity index (χ4v) is 2.98. The number of ether oxygens (including phenoxy) is 1. The standard InChI is InChI=1S/C13H13N3O3S/c17-12(15-11-3-6-18-16-11)10-2-1-5-14-13(10)19-9-4-7-20-8-9/h1-3,5-6,9H,4,7-8H2,(H,15,16,17). The maximum Gasteiger partial charge on any atom is 0.262 e. The lowest BCUT2D eigenvalue weighted by Crippen LogP contribution is -2.20. The molecule has 1 saturated heterocycles. The maximum absolute atomic E-state index is 12.2. The summed E-state index contributed by atoms with van der Waals surface area (Å²) in [6, 6.07) is 4.95. The van der Waals surface area contributed by atoms with Crippen LogP contribution in [0.2, 0.25) is 0 Å². The molecule has 0 aliphatic carbocycles. The molecule has 1 fully saturated rings. The molecule has 1 N–H and O–H groups in total. The van der Waals surface area contributed by atoms with Crippen molar-refractivity contribution in [1.29, 1.82) is 0 Å². The molecule has 1 unspecified atom stereocenters. The van der Waals surface area contributed by atoms with Crippen LogP contribution in [0.15, 0.2) is 35.2 Å². The smallest absolute Gasteiger partial charge is 0.262 e. The molecule has 6 nitrogen and oxygen atoms in total. The average Bonchev–Trinajstić information content (AvgIpc) is 3.13. The summed E-state index contributed by atoms with van der Waals surface area (Å²) in [4.78, 5) is 16.3. The molecule has 1 atom stereocenters. The molecule has 2 aromatic heterocycles. The van der Waals surface area contributed by atoms with Crippen LogP contribution in [-0.2, 0) is 0 Å². The first-order chi connectivity index (χ1) is 9.83. The average molecular weight is 291 g/mol. The number of thioether (sulfide) groups is 1. The van der Waals surface area contributed by atoms with Gasteiger partial charge in [0.1, 0.15) is 17.9 Å². The molecule has 1 aliphatic rings. The number of nitrogens with one attached hydrogen (secondary N) is 1. The second-order valence-corrected chi connectivity index (χ2v) is 5.45. The van der Waals surface area contributed by atoms with Crippen molar-refractivity contribution in [2.24, 2.45) is 0 Å². The number of nitrogens with zero attached hydrogens (tertiary/aromatic N) is 2. The van der Waals surface area contributed by atoms with E-state index < -0.39 is 0 Å². The Morgan fingerprint density at radius 3 is 3.20 bits per heavy atom. The monoisotopic (exact) mass is 291 g/mol. The molecule has 1 amide bonds. The van der Waals surface area contributed by atoms with Gasteiger partial charge in [0.2, 0.25) is 5.88 Å². The van der Waals surface area contributed by atoms with Gasteiger partial charge in [-0.3, -0.25) is 4.79 Å². The highest BCUT2D eigenvalue weighted by atomic mass is 32.2. The van der Waals surface area contributed by atoms with E-state index in [1.807, 2.05) is 11.8 Å². The molecule has 2 aromatic rings. The van der Waals surface area contributed by atoms with Gasteiger partial charge in [-0.15, -0.1) is 0 Å². The lowest BCUT2D eigenvalue weighted by molar-refractivity contribution is 0.101. The lowest BCUT2D eigenvalue weighted by Gasteiger charge is -2.14. The van der Waals surface area contributed by atoms with Crippen molar-refractivity contribution >= 4 is 23.5 Å². The van der Waals surface area contributed by atoms with Crippen molar-refractivity contribution < 1.29 is 14.1 Å². The van der Waals surface area contributed by atoms with Crippen molar-refractivity contribution in [3.8, 4) is 5.88 Å². The number of carbonyl (C=O) groups excluding carboxylic acids is 1. The van der Waals surface area contributed by atoms with Crippen LogP contribution in [0.3, 0.4) is 0 Å². The van der Waals surface area contributed by atoms with E-state index in [4.69, 9.17) is 4.74 Å². The normalized spacial score (nSPS) is 17.9. The minimum atomic E-state index is -0.312. The van der Waals surface area contributed by atoms with Crippen LogP contribution < -0.4 is 10.1 Å². The van der Waals surface area contributed by atoms with Gasteiger partial charge < -0.3 is 14.6 Å². The van der Waals surface area contributed by atoms with E-state index in [2.05, 4.69) is 20.0 Å². The second kappa shape index (κ2) is 5.96. The summed E-state index contributed by atoms with van der Waals surface area (Å²) in [5, 5.41) is 6.28. The zero-order chi connectivity index (χ0) is 13.8. The predicted octanol–water partition coefficient (Wildman–Crippen LogP) is 2.21. The second-order valence-electron chi connectivity index (χ2n) is 4.30. The van der Waals surface area contributed by atoms with E-state index >= 15 is 0 Å². The topological polar surface area (TPSA) is 77.3 Å². The van der Waals surface area contributed by atoms with Crippen molar-refractivity contribution in [1.82, 2.24) is 10.1 Å². The van der Waals surface area contributed by atoms with Crippen molar-refractivity contribution in [2.45, 2.75) is 12.5 Å². The van der Waals surface area contributed by atoms with Gasteiger partial charge in [-0.1, -0.05) is 5.16 Å². The summed E-state index contributed by atoms with van der Waals surface area (Å²) in [5.74, 6) is 2.42. The highest BCUT2D eigenvalue weighted by Crippen LogP contribution is 2.24. The Morgan fingerprint density at radius 2 is 2.45 bits per heavy atom. The molecule has 7 heteroatoms. The van der Waals surface area contributed by atoms with Crippen LogP contribution in [0.4, 0.5) is 5.82 Å². The fourth-order valence-electron chi connectivity index (χ4n) is 1.88. The van der Waals surface area contributed by atoms with Crippen molar-refractivity contribution in [2.75, 3.05) is 16.8 Å². The Bertz CT molecular complexity index is 582. The summed E-state index contributed by atoms with van der Waals surface area (Å²) < 4.78 is 10.5. The fraction of sp³-hybridized carbons (Fsp3) is 0.308. The van der Waals surface area contributed by atoms with Crippen LogP contribution in [0.1, 0.15) is 16.8 Å². The summed E-state index contributed by atoms with van der Waals surface area (Å²) in [5.41, 5.74) is 0.396. The third kappa shape index (κ3) is 2.93. The first-order valence-electron chi connectivity index (χ1n) is 6.24. The van der Waals surface area contributed by atoms with Crippen LogP contribution in [0, 0.1) is 0 Å². The molecular weight excluding hydrogens is 278 g/mol. The maximum atomic E-state index is 12.2. The van der Waals surface area contributed by atoms with E-state index in [0.29, 0.717) is 17.3 Å². The largest absolute Gasteiger partial charge is 0.473 e. The third-order valence-electron chi connectivity index (χ3n) is 2.86. The Labute approximate surface area is 119 Å². The zero-order valence-electron chi connectivity index (χ0n) is 10.6. The van der Waals surface area contributed by atoms with Gasteiger partial charge in [0.15, 0.2) is 5.82 Å². The number of pyridine rings is 1. The Morgan fingerprint density at radius 1 is 1.50 bits per heavy atom.